The maximum Gasteiger partial charge on any atom is 0.240 e. The normalized spacial score (nSPS) is 23.0. The maximum absolute atomic E-state index is 13.1. The van der Waals surface area contributed by atoms with Crippen LogP contribution in [0.15, 0.2) is 35.5 Å². The highest BCUT2D eigenvalue weighted by atomic mass is 35.5. The van der Waals surface area contributed by atoms with Gasteiger partial charge in [-0.15, -0.1) is 0 Å². The highest BCUT2D eigenvalue weighted by molar-refractivity contribution is 8.04. The van der Waals surface area contributed by atoms with Crippen LogP contribution in [0.4, 0.5) is 10.1 Å². The second-order valence-electron chi connectivity index (χ2n) is 3.99. The molecular formula is C11H11ClFNO3S2. The Morgan fingerprint density at radius 3 is 2.74 bits per heavy atom. The van der Waals surface area contributed by atoms with Gasteiger partial charge in [0.15, 0.2) is 0 Å². The van der Waals surface area contributed by atoms with Crippen molar-refractivity contribution >= 4 is 39.1 Å². The molecule has 2 rings (SSSR count). The lowest BCUT2D eigenvalue weighted by molar-refractivity contribution is 0.246. The van der Waals surface area contributed by atoms with Crippen molar-refractivity contribution in [3.8, 4) is 5.75 Å². The van der Waals surface area contributed by atoms with Crippen molar-refractivity contribution in [3.05, 3.63) is 35.5 Å². The zero-order valence-corrected chi connectivity index (χ0v) is 12.3. The fraction of sp³-hybridized carbons (Fsp3) is 0.273. The molecule has 19 heavy (non-hydrogen) atoms. The minimum Gasteiger partial charge on any atom is -0.460 e. The molecule has 0 fully saturated rings. The number of benzene rings is 1. The Labute approximate surface area is 120 Å². The molecule has 0 saturated carbocycles. The van der Waals surface area contributed by atoms with E-state index in [2.05, 4.69) is 4.72 Å². The molecule has 104 valence electrons. The topological polar surface area (TPSA) is 55.4 Å². The van der Waals surface area contributed by atoms with E-state index >= 15 is 0 Å². The van der Waals surface area contributed by atoms with Crippen LogP contribution in [0.1, 0.15) is 6.42 Å². The third kappa shape index (κ3) is 4.02. The van der Waals surface area contributed by atoms with Gasteiger partial charge in [0.1, 0.15) is 11.6 Å². The lowest BCUT2D eigenvalue weighted by Gasteiger charge is -2.23. The molecule has 4 nitrogen and oxygen atoms in total. The smallest absolute Gasteiger partial charge is 0.240 e. The molecule has 1 aromatic carbocycles. The Kier molecular flexibility index (Phi) is 3.98. The van der Waals surface area contributed by atoms with Crippen LogP contribution in [0, 0.1) is 0 Å². The van der Waals surface area contributed by atoms with Crippen molar-refractivity contribution in [2.45, 2.75) is 10.8 Å². The summed E-state index contributed by atoms with van der Waals surface area (Å²) in [5.74, 6) is -0.118. The average Bonchev–Trinajstić information content (AvgIpc) is 2.59. The van der Waals surface area contributed by atoms with Crippen molar-refractivity contribution < 1.29 is 17.5 Å². The monoisotopic (exact) mass is 323 g/mol. The summed E-state index contributed by atoms with van der Waals surface area (Å²) in [6.45, 7) is 0. The lowest BCUT2D eigenvalue weighted by atomic mass is 10.3. The van der Waals surface area contributed by atoms with Gasteiger partial charge in [-0.25, -0.2) is 12.8 Å². The van der Waals surface area contributed by atoms with Gasteiger partial charge in [0.25, 0.3) is 0 Å². The van der Waals surface area contributed by atoms with Gasteiger partial charge >= 0.3 is 0 Å². The number of hydrogen-bond acceptors (Lipinski definition) is 4. The maximum atomic E-state index is 13.1. The van der Waals surface area contributed by atoms with Gasteiger partial charge in [0, 0.05) is 5.41 Å². The first-order valence-electron chi connectivity index (χ1n) is 5.24. The largest absolute Gasteiger partial charge is 0.460 e. The summed E-state index contributed by atoms with van der Waals surface area (Å²) in [6.07, 6.45) is 0.957. The third-order valence-electron chi connectivity index (χ3n) is 2.19. The lowest BCUT2D eigenvalue weighted by Crippen LogP contribution is -2.23. The van der Waals surface area contributed by atoms with E-state index in [4.69, 9.17) is 16.3 Å². The average molecular weight is 324 g/mol. The molecule has 1 atom stereocenters. The number of ether oxygens (including phenoxy) is 1. The first-order chi connectivity index (χ1) is 8.77. The minimum atomic E-state index is -3.43. The number of hydrogen-bond donors (Lipinski definition) is 1. The van der Waals surface area contributed by atoms with E-state index in [1.54, 1.807) is 24.3 Å². The van der Waals surface area contributed by atoms with Gasteiger partial charge in [0.05, 0.1) is 18.4 Å². The summed E-state index contributed by atoms with van der Waals surface area (Å²) >= 11 is 7.12. The van der Waals surface area contributed by atoms with Gasteiger partial charge in [-0.1, -0.05) is 35.5 Å². The van der Waals surface area contributed by atoms with Gasteiger partial charge in [-0.2, -0.15) is 0 Å². The van der Waals surface area contributed by atoms with Gasteiger partial charge < -0.3 is 4.74 Å². The molecule has 1 N–H and O–H groups in total. The quantitative estimate of drug-likeness (QED) is 0.864. The molecule has 8 heteroatoms. The van der Waals surface area contributed by atoms with E-state index in [9.17, 15) is 12.8 Å². The van der Waals surface area contributed by atoms with Gasteiger partial charge in [-0.3, -0.25) is 4.72 Å². The van der Waals surface area contributed by atoms with E-state index in [1.165, 1.54) is 5.41 Å². The Bertz CT molecular complexity index is 620. The fourth-order valence-electron chi connectivity index (χ4n) is 1.50. The molecule has 0 radical (unpaired) electrons. The van der Waals surface area contributed by atoms with Crippen LogP contribution < -0.4 is 9.46 Å². The Morgan fingerprint density at radius 2 is 2.16 bits per heavy atom. The second-order valence-corrected chi connectivity index (χ2v) is 7.71. The summed E-state index contributed by atoms with van der Waals surface area (Å²) in [7, 11) is -3.43. The SMILES string of the molecule is CS(=O)(=O)Nc1ccccc1OC1(Cl)CC(F)=CS1. The molecule has 0 saturated heterocycles. The van der Waals surface area contributed by atoms with E-state index in [0.29, 0.717) is 0 Å². The highest BCUT2D eigenvalue weighted by Gasteiger charge is 2.37. The molecule has 0 aliphatic carbocycles. The van der Waals surface area contributed by atoms with Crippen LogP contribution in [0.3, 0.4) is 0 Å². The highest BCUT2D eigenvalue weighted by Crippen LogP contribution is 2.46. The summed E-state index contributed by atoms with van der Waals surface area (Å²) in [6, 6.07) is 6.43. The fourth-order valence-corrected chi connectivity index (χ4v) is 3.16. The summed E-state index contributed by atoms with van der Waals surface area (Å²) in [5, 5.41) is 1.28. The predicted molar refractivity (Wildman–Crippen MR) is 75.5 cm³/mol. The molecule has 0 amide bonds. The van der Waals surface area contributed by atoms with Crippen LogP contribution in [0.25, 0.3) is 0 Å². The minimum absolute atomic E-state index is 0.0770. The number of rotatable bonds is 4. The molecule has 0 aromatic heterocycles. The van der Waals surface area contributed by atoms with Crippen LogP contribution in [-0.2, 0) is 10.0 Å². The Hall–Kier alpha value is -0.920. The zero-order chi connectivity index (χ0) is 14.1. The first-order valence-corrected chi connectivity index (χ1v) is 8.39. The number of nitrogens with one attached hydrogen (secondary N) is 1. The van der Waals surface area contributed by atoms with Crippen molar-refractivity contribution in [1.29, 1.82) is 0 Å². The number of para-hydroxylation sites is 2. The van der Waals surface area contributed by atoms with Crippen molar-refractivity contribution in [3.63, 3.8) is 0 Å². The summed E-state index contributed by atoms with van der Waals surface area (Å²) in [5.41, 5.74) is 0.262. The van der Waals surface area contributed by atoms with Crippen molar-refractivity contribution in [1.82, 2.24) is 0 Å². The van der Waals surface area contributed by atoms with Crippen LogP contribution >= 0.6 is 23.4 Å². The predicted octanol–water partition coefficient (Wildman–Crippen LogP) is 3.28. The van der Waals surface area contributed by atoms with Crippen LogP contribution in [-0.4, -0.2) is 19.1 Å². The van der Waals surface area contributed by atoms with Crippen molar-refractivity contribution in [2.75, 3.05) is 11.0 Å². The number of sulfonamides is 1. The summed E-state index contributed by atoms with van der Waals surface area (Å²) in [4.78, 5) is 0. The third-order valence-corrected chi connectivity index (χ3v) is 4.21. The van der Waals surface area contributed by atoms with E-state index in [1.807, 2.05) is 0 Å². The number of alkyl halides is 1. The molecule has 1 heterocycles. The molecule has 0 bridgehead atoms. The molecule has 1 aliphatic rings. The van der Waals surface area contributed by atoms with Crippen LogP contribution in [0.5, 0.6) is 5.75 Å². The van der Waals surface area contributed by atoms with Crippen LogP contribution in [0.2, 0.25) is 0 Å². The van der Waals surface area contributed by atoms with Gasteiger partial charge in [0.2, 0.25) is 14.4 Å². The van der Waals surface area contributed by atoms with E-state index < -0.39 is 14.4 Å². The van der Waals surface area contributed by atoms with Crippen molar-refractivity contribution in [2.24, 2.45) is 0 Å². The molecule has 1 aliphatic heterocycles. The van der Waals surface area contributed by atoms with E-state index in [-0.39, 0.29) is 23.7 Å². The standard InChI is InChI=1S/C11H11ClFNO3S2/c1-19(15,16)14-9-4-2-3-5-10(9)17-11(12)6-8(13)7-18-11/h2-5,7,14H,6H2,1H3. The molecule has 1 unspecified atom stereocenters. The number of anilines is 1. The first kappa shape index (κ1) is 14.5. The molecule has 0 spiro atoms. The Morgan fingerprint density at radius 1 is 1.47 bits per heavy atom. The zero-order valence-electron chi connectivity index (χ0n) is 9.89. The Balaban J connectivity index is 2.21. The number of thioether (sulfide) groups is 1. The van der Waals surface area contributed by atoms with E-state index in [0.717, 1.165) is 18.0 Å². The van der Waals surface area contributed by atoms with Gasteiger partial charge in [-0.05, 0) is 12.1 Å². The molecular weight excluding hydrogens is 313 g/mol. The number of halogens is 2. The summed E-state index contributed by atoms with van der Waals surface area (Å²) < 4.78 is 42.1. The second kappa shape index (κ2) is 5.22. The molecule has 1 aromatic rings.